The molecule has 0 N–H and O–H groups in total. The minimum atomic E-state index is -0.426. The highest BCUT2D eigenvalue weighted by molar-refractivity contribution is 5.68. The number of likely N-dealkylation sites (N-methyl/N-ethyl adjacent to an activating group) is 1. The van der Waals surface area contributed by atoms with Gasteiger partial charge >= 0.3 is 6.09 Å². The largest absolute Gasteiger partial charge is 0.444 e. The second-order valence-electron chi connectivity index (χ2n) is 4.61. The van der Waals surface area contributed by atoms with E-state index in [0.29, 0.717) is 6.61 Å². The van der Waals surface area contributed by atoms with Crippen LogP contribution in [0, 0.1) is 0 Å². The number of hydrogen-bond donors (Lipinski definition) is 0. The molecule has 0 aromatic heterocycles. The predicted octanol–water partition coefficient (Wildman–Crippen LogP) is 1.64. The SMILES string of the molecule is CN(C(=O)OC(C)(C)C)C1CCOC1. The summed E-state index contributed by atoms with van der Waals surface area (Å²) in [4.78, 5) is 13.2. The van der Waals surface area contributed by atoms with Crippen LogP contribution in [0.4, 0.5) is 4.79 Å². The van der Waals surface area contributed by atoms with Gasteiger partial charge in [0, 0.05) is 13.7 Å². The summed E-state index contributed by atoms with van der Waals surface area (Å²) >= 11 is 0. The van der Waals surface area contributed by atoms with Crippen LogP contribution in [0.15, 0.2) is 0 Å². The summed E-state index contributed by atoms with van der Waals surface area (Å²) in [5.74, 6) is 0. The second-order valence-corrected chi connectivity index (χ2v) is 4.61. The molecule has 1 heterocycles. The molecule has 1 saturated heterocycles. The fraction of sp³-hybridized carbons (Fsp3) is 0.900. The van der Waals surface area contributed by atoms with E-state index in [0.717, 1.165) is 13.0 Å². The van der Waals surface area contributed by atoms with Crippen LogP contribution < -0.4 is 0 Å². The van der Waals surface area contributed by atoms with Gasteiger partial charge in [0.15, 0.2) is 0 Å². The summed E-state index contributed by atoms with van der Waals surface area (Å²) in [6, 6.07) is 0.171. The molecule has 1 unspecified atom stereocenters. The van der Waals surface area contributed by atoms with E-state index in [1.54, 1.807) is 11.9 Å². The van der Waals surface area contributed by atoms with E-state index in [1.807, 2.05) is 20.8 Å². The van der Waals surface area contributed by atoms with Gasteiger partial charge in [-0.1, -0.05) is 0 Å². The Kier molecular flexibility index (Phi) is 3.37. The minimum Gasteiger partial charge on any atom is -0.444 e. The van der Waals surface area contributed by atoms with Crippen LogP contribution in [0.2, 0.25) is 0 Å². The zero-order valence-corrected chi connectivity index (χ0v) is 9.37. The van der Waals surface area contributed by atoms with Crippen LogP contribution >= 0.6 is 0 Å². The molecule has 1 atom stereocenters. The summed E-state index contributed by atoms with van der Waals surface area (Å²) in [7, 11) is 1.76. The molecule has 4 heteroatoms. The Morgan fingerprint density at radius 3 is 2.57 bits per heavy atom. The normalized spacial score (nSPS) is 22.1. The maximum Gasteiger partial charge on any atom is 0.410 e. The Balaban J connectivity index is 2.43. The second kappa shape index (κ2) is 4.17. The zero-order valence-electron chi connectivity index (χ0n) is 9.37. The first-order valence-corrected chi connectivity index (χ1v) is 4.94. The van der Waals surface area contributed by atoms with Gasteiger partial charge in [-0.05, 0) is 27.2 Å². The van der Waals surface area contributed by atoms with Gasteiger partial charge in [-0.3, -0.25) is 0 Å². The first-order valence-electron chi connectivity index (χ1n) is 4.94. The maximum absolute atomic E-state index is 11.6. The Morgan fingerprint density at radius 2 is 2.14 bits per heavy atom. The van der Waals surface area contributed by atoms with Crippen molar-refractivity contribution in [2.75, 3.05) is 20.3 Å². The summed E-state index contributed by atoms with van der Waals surface area (Å²) in [6.07, 6.45) is 0.628. The van der Waals surface area contributed by atoms with Gasteiger partial charge in [0.1, 0.15) is 5.60 Å². The average Bonchev–Trinajstić information content (AvgIpc) is 2.51. The number of ether oxygens (including phenoxy) is 2. The lowest BCUT2D eigenvalue weighted by Gasteiger charge is -2.27. The fourth-order valence-electron chi connectivity index (χ4n) is 1.31. The van der Waals surface area contributed by atoms with Crippen LogP contribution in [0.3, 0.4) is 0 Å². The van der Waals surface area contributed by atoms with Crippen LogP contribution in [-0.4, -0.2) is 42.9 Å². The third kappa shape index (κ3) is 3.18. The molecule has 0 spiro atoms. The van der Waals surface area contributed by atoms with Crippen molar-refractivity contribution in [3.63, 3.8) is 0 Å². The molecule has 0 aromatic rings. The summed E-state index contributed by atoms with van der Waals surface area (Å²) in [5, 5.41) is 0. The van der Waals surface area contributed by atoms with Crippen molar-refractivity contribution in [3.8, 4) is 0 Å². The Bertz CT molecular complexity index is 204. The molecule has 1 amide bonds. The quantitative estimate of drug-likeness (QED) is 0.647. The van der Waals surface area contributed by atoms with Crippen molar-refractivity contribution in [2.45, 2.75) is 38.8 Å². The molecule has 1 aliphatic rings. The van der Waals surface area contributed by atoms with E-state index in [4.69, 9.17) is 9.47 Å². The molecule has 0 saturated carbocycles. The number of nitrogens with zero attached hydrogens (tertiary/aromatic N) is 1. The van der Waals surface area contributed by atoms with Gasteiger partial charge in [0.2, 0.25) is 0 Å². The molecule has 14 heavy (non-hydrogen) atoms. The van der Waals surface area contributed by atoms with Crippen LogP contribution in [0.5, 0.6) is 0 Å². The number of carbonyl (C=O) groups is 1. The number of hydrogen-bond acceptors (Lipinski definition) is 3. The highest BCUT2D eigenvalue weighted by atomic mass is 16.6. The zero-order chi connectivity index (χ0) is 10.8. The molecule has 4 nitrogen and oxygen atoms in total. The van der Waals surface area contributed by atoms with E-state index in [1.165, 1.54) is 0 Å². The van der Waals surface area contributed by atoms with E-state index in [-0.39, 0.29) is 12.1 Å². The lowest BCUT2D eigenvalue weighted by Crippen LogP contribution is -2.40. The number of amides is 1. The Hall–Kier alpha value is -0.770. The molecule has 82 valence electrons. The highest BCUT2D eigenvalue weighted by Crippen LogP contribution is 2.15. The van der Waals surface area contributed by atoms with Crippen molar-refractivity contribution in [1.82, 2.24) is 4.90 Å². The molecule has 0 aliphatic carbocycles. The van der Waals surface area contributed by atoms with Crippen molar-refractivity contribution < 1.29 is 14.3 Å². The maximum atomic E-state index is 11.6. The first kappa shape index (κ1) is 11.3. The molecule has 0 bridgehead atoms. The third-order valence-corrected chi connectivity index (χ3v) is 2.13. The van der Waals surface area contributed by atoms with Crippen LogP contribution in [0.25, 0.3) is 0 Å². The molecule has 0 radical (unpaired) electrons. The molecule has 1 rings (SSSR count). The molecule has 0 aromatic carbocycles. The van der Waals surface area contributed by atoms with Crippen molar-refractivity contribution in [3.05, 3.63) is 0 Å². The summed E-state index contributed by atoms with van der Waals surface area (Å²) in [5.41, 5.74) is -0.426. The average molecular weight is 201 g/mol. The molecule has 1 fully saturated rings. The van der Waals surface area contributed by atoms with E-state index >= 15 is 0 Å². The monoisotopic (exact) mass is 201 g/mol. The van der Waals surface area contributed by atoms with Crippen LogP contribution in [-0.2, 0) is 9.47 Å². The predicted molar refractivity (Wildman–Crippen MR) is 53.2 cm³/mol. The lowest BCUT2D eigenvalue weighted by atomic mass is 10.2. The summed E-state index contributed by atoms with van der Waals surface area (Å²) in [6.45, 7) is 6.95. The van der Waals surface area contributed by atoms with Gasteiger partial charge in [0.05, 0.1) is 12.6 Å². The van der Waals surface area contributed by atoms with Gasteiger partial charge in [0.25, 0.3) is 0 Å². The van der Waals surface area contributed by atoms with Crippen LogP contribution in [0.1, 0.15) is 27.2 Å². The van der Waals surface area contributed by atoms with E-state index in [2.05, 4.69) is 0 Å². The molecular formula is C10H19NO3. The van der Waals surface area contributed by atoms with E-state index < -0.39 is 5.60 Å². The van der Waals surface area contributed by atoms with Gasteiger partial charge in [-0.2, -0.15) is 0 Å². The Morgan fingerprint density at radius 1 is 1.50 bits per heavy atom. The number of rotatable bonds is 1. The lowest BCUT2D eigenvalue weighted by molar-refractivity contribution is 0.0210. The first-order chi connectivity index (χ1) is 6.40. The molecule has 1 aliphatic heterocycles. The van der Waals surface area contributed by atoms with Gasteiger partial charge in [-0.15, -0.1) is 0 Å². The summed E-state index contributed by atoms with van der Waals surface area (Å²) < 4.78 is 10.5. The molecular weight excluding hydrogens is 182 g/mol. The van der Waals surface area contributed by atoms with Crippen molar-refractivity contribution in [2.24, 2.45) is 0 Å². The minimum absolute atomic E-state index is 0.171. The third-order valence-electron chi connectivity index (χ3n) is 2.13. The Labute approximate surface area is 85.2 Å². The van der Waals surface area contributed by atoms with Gasteiger partial charge in [-0.25, -0.2) is 4.79 Å². The van der Waals surface area contributed by atoms with Crippen molar-refractivity contribution >= 4 is 6.09 Å². The standard InChI is InChI=1S/C10H19NO3/c1-10(2,3)14-9(12)11(4)8-5-6-13-7-8/h8H,5-7H2,1-4H3. The topological polar surface area (TPSA) is 38.8 Å². The highest BCUT2D eigenvalue weighted by Gasteiger charge is 2.27. The van der Waals surface area contributed by atoms with Gasteiger partial charge < -0.3 is 14.4 Å². The smallest absolute Gasteiger partial charge is 0.410 e. The van der Waals surface area contributed by atoms with Crippen molar-refractivity contribution in [1.29, 1.82) is 0 Å². The number of carbonyl (C=O) groups excluding carboxylic acids is 1. The van der Waals surface area contributed by atoms with E-state index in [9.17, 15) is 4.79 Å². The fourth-order valence-corrected chi connectivity index (χ4v) is 1.31.